The van der Waals surface area contributed by atoms with E-state index >= 15 is 0 Å². The van der Waals surface area contributed by atoms with Gasteiger partial charge in [-0.15, -0.1) is 0 Å². The molecule has 0 spiro atoms. The molecule has 0 N–H and O–H groups in total. The second-order valence-corrected chi connectivity index (χ2v) is 11.3. The van der Waals surface area contributed by atoms with Crippen LogP contribution in [0.25, 0.3) is 0 Å². The minimum atomic E-state index is -1.07. The maximum Gasteiger partial charge on any atom is 0.325 e. The quantitative estimate of drug-likeness (QED) is 0.276. The Kier molecular flexibility index (Phi) is 13.2. The third-order valence-corrected chi connectivity index (χ3v) is 8.01. The van der Waals surface area contributed by atoms with Gasteiger partial charge in [-0.3, -0.25) is 19.2 Å². The van der Waals surface area contributed by atoms with Crippen LogP contribution in [0.3, 0.4) is 0 Å². The third kappa shape index (κ3) is 9.47. The van der Waals surface area contributed by atoms with Crippen LogP contribution in [0.5, 0.6) is 0 Å². The Bertz CT molecular complexity index is 1290. The van der Waals surface area contributed by atoms with Gasteiger partial charge in [0, 0.05) is 46.8 Å². The van der Waals surface area contributed by atoms with Gasteiger partial charge in [-0.05, 0) is 55.2 Å². The number of carbonyl (C=O) groups is 4. The van der Waals surface area contributed by atoms with Crippen molar-refractivity contribution in [2.24, 2.45) is 0 Å². The summed E-state index contributed by atoms with van der Waals surface area (Å²) in [5, 5.41) is 1.86. The highest BCUT2D eigenvalue weighted by atomic mass is 35.5. The predicted octanol–water partition coefficient (Wildman–Crippen LogP) is 4.55. The number of ether oxygens (including phenoxy) is 2. The Morgan fingerprint density at radius 1 is 0.952 bits per heavy atom. The first-order valence-electron chi connectivity index (χ1n) is 13.4. The molecule has 9 nitrogen and oxygen atoms in total. The summed E-state index contributed by atoms with van der Waals surface area (Å²) < 4.78 is 10.2. The Balaban J connectivity index is 1.79. The number of methoxy groups -OCH3 is 1. The van der Waals surface area contributed by atoms with E-state index in [9.17, 15) is 19.2 Å². The van der Waals surface area contributed by atoms with E-state index in [1.54, 1.807) is 43.3 Å². The molecule has 1 aliphatic heterocycles. The van der Waals surface area contributed by atoms with Crippen molar-refractivity contribution in [1.82, 2.24) is 14.7 Å². The molecule has 0 aliphatic carbocycles. The topological polar surface area (TPSA) is 96.5 Å². The molecule has 3 amide bonds. The largest absolute Gasteiger partial charge is 0.465 e. The zero-order valence-electron chi connectivity index (χ0n) is 23.4. The third-order valence-electron chi connectivity index (χ3n) is 6.83. The van der Waals surface area contributed by atoms with Gasteiger partial charge in [0.15, 0.2) is 0 Å². The van der Waals surface area contributed by atoms with E-state index in [1.165, 1.54) is 21.8 Å². The smallest absolute Gasteiger partial charge is 0.325 e. The van der Waals surface area contributed by atoms with Gasteiger partial charge in [0.2, 0.25) is 17.7 Å². The first-order valence-corrected chi connectivity index (χ1v) is 14.9. The summed E-state index contributed by atoms with van der Waals surface area (Å²) in [6.45, 7) is 2.03. The molecule has 2 aromatic rings. The van der Waals surface area contributed by atoms with Crippen LogP contribution in [0.2, 0.25) is 20.1 Å². The second kappa shape index (κ2) is 16.3. The average molecular weight is 661 g/mol. The van der Waals surface area contributed by atoms with Gasteiger partial charge >= 0.3 is 5.97 Å². The van der Waals surface area contributed by atoms with Crippen molar-refractivity contribution in [1.29, 1.82) is 0 Å². The predicted molar refractivity (Wildman–Crippen MR) is 162 cm³/mol. The zero-order valence-corrected chi connectivity index (χ0v) is 26.4. The molecule has 1 atom stereocenters. The Labute approximate surface area is 265 Å². The van der Waals surface area contributed by atoms with E-state index in [4.69, 9.17) is 55.9 Å². The molecule has 0 radical (unpaired) electrons. The summed E-state index contributed by atoms with van der Waals surface area (Å²) in [5.41, 5.74) is 1.51. The van der Waals surface area contributed by atoms with Gasteiger partial charge in [0.1, 0.15) is 12.6 Å². The lowest BCUT2D eigenvalue weighted by molar-refractivity contribution is -0.159. The summed E-state index contributed by atoms with van der Waals surface area (Å²) in [6, 6.07) is 9.05. The molecular formula is C29H33Cl4N3O6. The van der Waals surface area contributed by atoms with Crippen LogP contribution in [0.4, 0.5) is 0 Å². The highest BCUT2D eigenvalue weighted by molar-refractivity contribution is 6.35. The summed E-state index contributed by atoms with van der Waals surface area (Å²) >= 11 is 24.6. The monoisotopic (exact) mass is 659 g/mol. The van der Waals surface area contributed by atoms with Crippen molar-refractivity contribution in [2.75, 3.05) is 53.0 Å². The van der Waals surface area contributed by atoms with Crippen LogP contribution >= 0.6 is 46.4 Å². The van der Waals surface area contributed by atoms with E-state index in [0.717, 1.165) is 11.1 Å². The second-order valence-electron chi connectivity index (χ2n) is 9.65. The van der Waals surface area contributed by atoms with Gasteiger partial charge in [0.05, 0.1) is 26.2 Å². The number of piperazine rings is 1. The molecule has 0 bridgehead atoms. The number of rotatable bonds is 14. The molecule has 42 heavy (non-hydrogen) atoms. The molecule has 1 unspecified atom stereocenters. The molecule has 2 aromatic carbocycles. The molecule has 0 saturated carbocycles. The van der Waals surface area contributed by atoms with Crippen molar-refractivity contribution in [3.05, 3.63) is 67.6 Å². The minimum Gasteiger partial charge on any atom is -0.465 e. The normalized spacial score (nSPS) is 15.2. The van der Waals surface area contributed by atoms with Crippen molar-refractivity contribution in [3.63, 3.8) is 0 Å². The number of esters is 1. The van der Waals surface area contributed by atoms with E-state index in [2.05, 4.69) is 0 Å². The molecule has 13 heteroatoms. The minimum absolute atomic E-state index is 0.130. The zero-order chi connectivity index (χ0) is 30.8. The first-order chi connectivity index (χ1) is 20.0. The SMILES string of the molecule is CCOC(=O)CN(CCc1ccc(Cl)cc1Cl)C(=O)CC1C(=O)N(CCc2ccc(Cl)cc2Cl)CC(=O)N1CCOC. The molecule has 1 saturated heterocycles. The van der Waals surface area contributed by atoms with E-state index < -0.39 is 17.9 Å². The van der Waals surface area contributed by atoms with Crippen molar-refractivity contribution in [2.45, 2.75) is 32.2 Å². The highest BCUT2D eigenvalue weighted by Crippen LogP contribution is 2.24. The number of amides is 3. The fourth-order valence-corrected chi connectivity index (χ4v) is 5.62. The van der Waals surface area contributed by atoms with Gasteiger partial charge in [0.25, 0.3) is 0 Å². The van der Waals surface area contributed by atoms with Crippen molar-refractivity contribution >= 4 is 70.1 Å². The molecule has 1 aliphatic rings. The van der Waals surface area contributed by atoms with Crippen LogP contribution in [-0.4, -0.2) is 97.5 Å². The number of nitrogens with zero attached hydrogens (tertiary/aromatic N) is 3. The van der Waals surface area contributed by atoms with Crippen LogP contribution < -0.4 is 0 Å². The van der Waals surface area contributed by atoms with Crippen LogP contribution in [0.15, 0.2) is 36.4 Å². The summed E-state index contributed by atoms with van der Waals surface area (Å²) in [7, 11) is 1.49. The fraction of sp³-hybridized carbons (Fsp3) is 0.448. The van der Waals surface area contributed by atoms with Crippen molar-refractivity contribution in [3.8, 4) is 0 Å². The van der Waals surface area contributed by atoms with Crippen LogP contribution in [0, 0.1) is 0 Å². The first kappa shape index (κ1) is 33.9. The lowest BCUT2D eigenvalue weighted by Gasteiger charge is -2.40. The number of hydrogen-bond donors (Lipinski definition) is 0. The van der Waals surface area contributed by atoms with Gasteiger partial charge in [-0.2, -0.15) is 0 Å². The number of benzene rings is 2. The fourth-order valence-electron chi connectivity index (χ4n) is 4.62. The maximum absolute atomic E-state index is 13.7. The van der Waals surface area contributed by atoms with Gasteiger partial charge in [-0.25, -0.2) is 0 Å². The lowest BCUT2D eigenvalue weighted by atomic mass is 10.0. The molecule has 3 rings (SSSR count). The maximum atomic E-state index is 13.7. The van der Waals surface area contributed by atoms with Crippen LogP contribution in [-0.2, 0) is 41.5 Å². The van der Waals surface area contributed by atoms with Gasteiger partial charge < -0.3 is 24.2 Å². The number of halogens is 4. The Morgan fingerprint density at radius 2 is 1.57 bits per heavy atom. The van der Waals surface area contributed by atoms with E-state index in [0.29, 0.717) is 32.9 Å². The average Bonchev–Trinajstić information content (AvgIpc) is 2.93. The molecule has 1 fully saturated rings. The van der Waals surface area contributed by atoms with Gasteiger partial charge in [-0.1, -0.05) is 58.5 Å². The Hall–Kier alpha value is -2.56. The van der Waals surface area contributed by atoms with E-state index in [-0.39, 0.29) is 64.2 Å². The van der Waals surface area contributed by atoms with Crippen molar-refractivity contribution < 1.29 is 28.7 Å². The molecule has 228 valence electrons. The molecule has 1 heterocycles. The standard InChI is InChI=1S/C29H33Cl4N3O6/c1-3-42-28(39)18-34(10-8-19-4-6-21(30)14-23(19)32)26(37)16-25-29(40)35(17-27(38)36(25)12-13-41-2)11-9-20-5-7-22(31)15-24(20)33/h4-7,14-15,25H,3,8-13,16-18H2,1-2H3. The molecular weight excluding hydrogens is 628 g/mol. The number of carbonyl (C=O) groups excluding carboxylic acids is 4. The number of hydrogen-bond acceptors (Lipinski definition) is 6. The summed E-state index contributed by atoms with van der Waals surface area (Å²) in [6.07, 6.45) is 0.408. The summed E-state index contributed by atoms with van der Waals surface area (Å²) in [5.74, 6) is -1.75. The Morgan fingerprint density at radius 3 is 2.14 bits per heavy atom. The summed E-state index contributed by atoms with van der Waals surface area (Å²) in [4.78, 5) is 57.0. The van der Waals surface area contributed by atoms with Crippen LogP contribution in [0.1, 0.15) is 24.5 Å². The highest BCUT2D eigenvalue weighted by Gasteiger charge is 2.41. The van der Waals surface area contributed by atoms with E-state index in [1.807, 2.05) is 0 Å². The lowest BCUT2D eigenvalue weighted by Crippen LogP contribution is -2.61. The molecule has 0 aromatic heterocycles.